The van der Waals surface area contributed by atoms with Gasteiger partial charge in [0, 0.05) is 32.1 Å². The highest BCUT2D eigenvalue weighted by atomic mass is 35.5. The van der Waals surface area contributed by atoms with E-state index in [0.717, 1.165) is 32.1 Å². The molecule has 1 atom stereocenters. The van der Waals surface area contributed by atoms with Crippen molar-refractivity contribution in [3.8, 4) is 0 Å². The number of halogens is 1. The first-order chi connectivity index (χ1) is 8.54. The molecular weight excluding hydrogens is 272 g/mol. The predicted molar refractivity (Wildman–Crippen MR) is 76.1 cm³/mol. The molecule has 0 aromatic carbocycles. The van der Waals surface area contributed by atoms with Crippen molar-refractivity contribution in [2.45, 2.75) is 51.5 Å². The average molecular weight is 297 g/mol. The van der Waals surface area contributed by atoms with Crippen molar-refractivity contribution in [1.82, 2.24) is 8.61 Å². The van der Waals surface area contributed by atoms with Crippen LogP contribution in [-0.4, -0.2) is 49.1 Å². The Morgan fingerprint density at radius 2 is 2.06 bits per heavy atom. The fraction of sp³-hybridized carbons (Fsp3) is 1.00. The van der Waals surface area contributed by atoms with Crippen LogP contribution in [0.15, 0.2) is 0 Å². The third-order valence-corrected chi connectivity index (χ3v) is 5.90. The van der Waals surface area contributed by atoms with E-state index < -0.39 is 10.2 Å². The van der Waals surface area contributed by atoms with E-state index in [9.17, 15) is 8.42 Å². The summed E-state index contributed by atoms with van der Waals surface area (Å²) in [6, 6.07) is 0.163. The van der Waals surface area contributed by atoms with Crippen LogP contribution < -0.4 is 0 Å². The summed E-state index contributed by atoms with van der Waals surface area (Å²) in [6.45, 7) is 3.22. The van der Waals surface area contributed by atoms with Crippen LogP contribution in [-0.2, 0) is 10.2 Å². The van der Waals surface area contributed by atoms with Gasteiger partial charge in [0.1, 0.15) is 0 Å². The maximum absolute atomic E-state index is 12.5. The first kappa shape index (κ1) is 16.2. The normalized spacial score (nSPS) is 23.2. The van der Waals surface area contributed by atoms with Crippen LogP contribution in [0.2, 0.25) is 0 Å². The molecule has 1 rings (SSSR count). The highest BCUT2D eigenvalue weighted by Gasteiger charge is 2.32. The third-order valence-electron chi connectivity index (χ3n) is 3.59. The lowest BCUT2D eigenvalue weighted by molar-refractivity contribution is 0.288. The van der Waals surface area contributed by atoms with Gasteiger partial charge in [0.15, 0.2) is 0 Å². The molecule has 0 radical (unpaired) electrons. The van der Waals surface area contributed by atoms with E-state index in [4.69, 9.17) is 11.6 Å². The fourth-order valence-corrected chi connectivity index (χ4v) is 4.27. The second-order valence-electron chi connectivity index (χ2n) is 4.89. The molecule has 108 valence electrons. The lowest BCUT2D eigenvalue weighted by atomic mass is 10.1. The summed E-state index contributed by atoms with van der Waals surface area (Å²) in [5, 5.41) is 0. The van der Waals surface area contributed by atoms with E-state index in [1.807, 2.05) is 0 Å². The molecule has 18 heavy (non-hydrogen) atoms. The molecule has 4 nitrogen and oxygen atoms in total. The molecule has 0 spiro atoms. The summed E-state index contributed by atoms with van der Waals surface area (Å²) < 4.78 is 28.2. The van der Waals surface area contributed by atoms with Crippen molar-refractivity contribution in [2.24, 2.45) is 0 Å². The predicted octanol–water partition coefficient (Wildman–Crippen LogP) is 2.45. The van der Waals surface area contributed by atoms with E-state index in [1.54, 1.807) is 11.4 Å². The molecule has 0 bridgehead atoms. The number of nitrogens with zero attached hydrogens (tertiary/aromatic N) is 2. The summed E-state index contributed by atoms with van der Waals surface area (Å²) in [4.78, 5) is 0. The molecule has 1 saturated heterocycles. The van der Waals surface area contributed by atoms with Gasteiger partial charge in [0.25, 0.3) is 10.2 Å². The van der Waals surface area contributed by atoms with E-state index in [0.29, 0.717) is 25.4 Å². The smallest absolute Gasteiger partial charge is 0.195 e. The Morgan fingerprint density at radius 3 is 2.67 bits per heavy atom. The summed E-state index contributed by atoms with van der Waals surface area (Å²) in [5.41, 5.74) is 0. The first-order valence-electron chi connectivity index (χ1n) is 6.83. The zero-order chi connectivity index (χ0) is 13.6. The zero-order valence-corrected chi connectivity index (χ0v) is 13.0. The van der Waals surface area contributed by atoms with Crippen LogP contribution in [0.3, 0.4) is 0 Å². The topological polar surface area (TPSA) is 40.6 Å². The number of hydrogen-bond donors (Lipinski definition) is 0. The Morgan fingerprint density at radius 1 is 1.33 bits per heavy atom. The minimum absolute atomic E-state index is 0.163. The summed E-state index contributed by atoms with van der Waals surface area (Å²) in [5.74, 6) is 0.497. The van der Waals surface area contributed by atoms with Crippen LogP contribution in [0, 0.1) is 0 Å². The summed E-state index contributed by atoms with van der Waals surface area (Å²) >= 11 is 5.63. The largest absolute Gasteiger partial charge is 0.281 e. The lowest BCUT2D eigenvalue weighted by Gasteiger charge is -2.32. The van der Waals surface area contributed by atoms with Gasteiger partial charge in [-0.2, -0.15) is 17.0 Å². The minimum atomic E-state index is -3.31. The van der Waals surface area contributed by atoms with Crippen molar-refractivity contribution in [1.29, 1.82) is 0 Å². The number of hydrogen-bond acceptors (Lipinski definition) is 2. The Bertz CT molecular complexity index is 335. The monoisotopic (exact) mass is 296 g/mol. The second kappa shape index (κ2) is 7.68. The van der Waals surface area contributed by atoms with Crippen LogP contribution in [0.1, 0.15) is 45.4 Å². The van der Waals surface area contributed by atoms with Gasteiger partial charge in [-0.3, -0.25) is 0 Å². The highest BCUT2D eigenvalue weighted by molar-refractivity contribution is 7.86. The van der Waals surface area contributed by atoms with Gasteiger partial charge in [-0.15, -0.1) is 11.6 Å². The van der Waals surface area contributed by atoms with Gasteiger partial charge in [-0.25, -0.2) is 0 Å². The molecule has 1 unspecified atom stereocenters. The average Bonchev–Trinajstić information content (AvgIpc) is 2.60. The number of rotatable bonds is 6. The van der Waals surface area contributed by atoms with Gasteiger partial charge in [0.05, 0.1) is 0 Å². The van der Waals surface area contributed by atoms with Crippen LogP contribution >= 0.6 is 11.6 Å². The van der Waals surface area contributed by atoms with Gasteiger partial charge in [-0.05, 0) is 25.7 Å². The fourth-order valence-electron chi connectivity index (χ4n) is 2.44. The van der Waals surface area contributed by atoms with Gasteiger partial charge in [-0.1, -0.05) is 19.8 Å². The van der Waals surface area contributed by atoms with Crippen LogP contribution in [0.4, 0.5) is 0 Å². The van der Waals surface area contributed by atoms with Crippen molar-refractivity contribution in [2.75, 3.05) is 26.0 Å². The van der Waals surface area contributed by atoms with Crippen molar-refractivity contribution < 1.29 is 8.42 Å². The Kier molecular flexibility index (Phi) is 6.92. The van der Waals surface area contributed by atoms with Gasteiger partial charge < -0.3 is 0 Å². The minimum Gasteiger partial charge on any atom is -0.195 e. The molecular formula is C12H25ClN2O2S. The third kappa shape index (κ3) is 4.08. The number of alkyl halides is 1. The van der Waals surface area contributed by atoms with E-state index >= 15 is 0 Å². The SMILES string of the molecule is CCC1CCCCCN1S(=O)(=O)N(C)CCCCl. The van der Waals surface area contributed by atoms with Crippen LogP contribution in [0.25, 0.3) is 0 Å². The Labute approximate surface area is 116 Å². The summed E-state index contributed by atoms with van der Waals surface area (Å²) in [6.07, 6.45) is 5.81. The quantitative estimate of drug-likeness (QED) is 0.707. The van der Waals surface area contributed by atoms with Gasteiger partial charge >= 0.3 is 0 Å². The molecule has 0 aromatic heterocycles. The first-order valence-corrected chi connectivity index (χ1v) is 8.76. The van der Waals surface area contributed by atoms with Crippen molar-refractivity contribution >= 4 is 21.8 Å². The Hall–Kier alpha value is 0.160. The molecule has 0 aromatic rings. The van der Waals surface area contributed by atoms with Crippen molar-refractivity contribution in [3.05, 3.63) is 0 Å². The maximum atomic E-state index is 12.5. The van der Waals surface area contributed by atoms with Gasteiger partial charge in [0.2, 0.25) is 0 Å². The molecule has 0 aliphatic carbocycles. The molecule has 0 amide bonds. The standard InChI is InChI=1S/C12H25ClN2O2S/c1-3-12-8-5-4-6-11-15(12)18(16,17)14(2)10-7-9-13/h12H,3-11H2,1-2H3. The molecule has 1 aliphatic rings. The maximum Gasteiger partial charge on any atom is 0.281 e. The van der Waals surface area contributed by atoms with Crippen LogP contribution in [0.5, 0.6) is 0 Å². The molecule has 0 N–H and O–H groups in total. The second-order valence-corrected chi connectivity index (χ2v) is 7.26. The zero-order valence-electron chi connectivity index (χ0n) is 11.4. The van der Waals surface area contributed by atoms with Crippen molar-refractivity contribution in [3.63, 3.8) is 0 Å². The molecule has 1 heterocycles. The molecule has 1 fully saturated rings. The lowest BCUT2D eigenvalue weighted by Crippen LogP contribution is -2.47. The van der Waals surface area contributed by atoms with E-state index in [2.05, 4.69) is 6.92 Å². The summed E-state index contributed by atoms with van der Waals surface area (Å²) in [7, 11) is -1.66. The Balaban J connectivity index is 2.79. The van der Waals surface area contributed by atoms with E-state index in [-0.39, 0.29) is 6.04 Å². The molecule has 1 aliphatic heterocycles. The molecule has 0 saturated carbocycles. The van der Waals surface area contributed by atoms with E-state index in [1.165, 1.54) is 4.31 Å². The highest BCUT2D eigenvalue weighted by Crippen LogP contribution is 2.23. The molecule has 6 heteroatoms.